The van der Waals surface area contributed by atoms with Gasteiger partial charge >= 0.3 is 6.18 Å². The van der Waals surface area contributed by atoms with Crippen LogP contribution in [0.1, 0.15) is 16.1 Å². The number of aromatic nitrogens is 3. The van der Waals surface area contributed by atoms with Crippen molar-refractivity contribution in [3.8, 4) is 0 Å². The maximum atomic E-state index is 12.9. The van der Waals surface area contributed by atoms with Crippen LogP contribution in [0.2, 0.25) is 5.02 Å². The molecule has 2 aromatic heterocycles. The number of aromatic amines is 1. The van der Waals surface area contributed by atoms with Crippen LogP contribution in [0.5, 0.6) is 0 Å². The Morgan fingerprint density at radius 2 is 2.04 bits per heavy atom. The third-order valence-corrected chi connectivity index (χ3v) is 3.54. The molecule has 118 valence electrons. The standard InChI is InChI=1S/C14H8ClF3N4O/c15-11-7-6-20-22-9(7)3-4-10(11)21-13(23)12-8(14(16,17)18)2-1-5-19-12/h1-6H,(H,20,22)(H,21,23). The Morgan fingerprint density at radius 1 is 1.26 bits per heavy atom. The molecule has 0 radical (unpaired) electrons. The Kier molecular flexibility index (Phi) is 3.69. The fourth-order valence-corrected chi connectivity index (χ4v) is 2.34. The number of amides is 1. The van der Waals surface area contributed by atoms with E-state index in [2.05, 4.69) is 20.5 Å². The number of halogens is 4. The SMILES string of the molecule is O=C(Nc1ccc2[nH]ncc2c1Cl)c1ncccc1C(F)(F)F. The molecule has 2 N–H and O–H groups in total. The molecule has 3 rings (SSSR count). The monoisotopic (exact) mass is 340 g/mol. The zero-order chi connectivity index (χ0) is 16.6. The van der Waals surface area contributed by atoms with Gasteiger partial charge in [-0.3, -0.25) is 14.9 Å². The van der Waals surface area contributed by atoms with Gasteiger partial charge in [0.1, 0.15) is 5.69 Å². The van der Waals surface area contributed by atoms with E-state index in [-0.39, 0.29) is 10.7 Å². The van der Waals surface area contributed by atoms with Crippen molar-refractivity contribution in [2.24, 2.45) is 0 Å². The van der Waals surface area contributed by atoms with Crippen molar-refractivity contribution in [3.05, 3.63) is 52.9 Å². The minimum atomic E-state index is -4.68. The quantitative estimate of drug-likeness (QED) is 0.743. The topological polar surface area (TPSA) is 70.7 Å². The maximum absolute atomic E-state index is 12.9. The Hall–Kier alpha value is -2.61. The molecule has 1 amide bonds. The first-order chi connectivity index (χ1) is 10.9. The summed E-state index contributed by atoms with van der Waals surface area (Å²) < 4.78 is 38.8. The Morgan fingerprint density at radius 3 is 2.78 bits per heavy atom. The number of carbonyl (C=O) groups excluding carboxylic acids is 1. The first kappa shape index (κ1) is 15.3. The molecule has 0 fully saturated rings. The summed E-state index contributed by atoms with van der Waals surface area (Å²) >= 11 is 6.13. The second-order valence-electron chi connectivity index (χ2n) is 4.61. The molecule has 0 aliphatic heterocycles. The van der Waals surface area contributed by atoms with Crippen LogP contribution in [0, 0.1) is 0 Å². The molecule has 0 atom stereocenters. The number of H-pyrrole nitrogens is 1. The lowest BCUT2D eigenvalue weighted by Crippen LogP contribution is -2.20. The number of fused-ring (bicyclic) bond motifs is 1. The Bertz CT molecular complexity index is 891. The van der Waals surface area contributed by atoms with Crippen LogP contribution in [-0.2, 0) is 6.18 Å². The predicted octanol–water partition coefficient (Wildman–Crippen LogP) is 3.88. The van der Waals surface area contributed by atoms with Crippen molar-refractivity contribution < 1.29 is 18.0 Å². The second-order valence-corrected chi connectivity index (χ2v) is 4.99. The van der Waals surface area contributed by atoms with E-state index in [0.717, 1.165) is 18.3 Å². The van der Waals surface area contributed by atoms with Gasteiger partial charge in [-0.2, -0.15) is 18.3 Å². The van der Waals surface area contributed by atoms with E-state index in [1.54, 1.807) is 6.07 Å². The van der Waals surface area contributed by atoms with Gasteiger partial charge in [0.25, 0.3) is 5.91 Å². The van der Waals surface area contributed by atoms with Gasteiger partial charge in [0, 0.05) is 11.6 Å². The van der Waals surface area contributed by atoms with Crippen LogP contribution in [0.15, 0.2) is 36.7 Å². The number of benzene rings is 1. The highest BCUT2D eigenvalue weighted by Crippen LogP contribution is 2.33. The van der Waals surface area contributed by atoms with Crippen LogP contribution in [-0.4, -0.2) is 21.1 Å². The third-order valence-electron chi connectivity index (χ3n) is 3.13. The third kappa shape index (κ3) is 2.85. The van der Waals surface area contributed by atoms with Gasteiger partial charge < -0.3 is 5.32 Å². The highest BCUT2D eigenvalue weighted by atomic mass is 35.5. The number of hydrogen-bond donors (Lipinski definition) is 2. The minimum Gasteiger partial charge on any atom is -0.319 e. The molecular weight excluding hydrogens is 333 g/mol. The molecule has 0 saturated heterocycles. The van der Waals surface area contributed by atoms with E-state index in [0.29, 0.717) is 10.9 Å². The molecule has 0 aliphatic carbocycles. The summed E-state index contributed by atoms with van der Waals surface area (Å²) in [5.41, 5.74) is -1.02. The van der Waals surface area contributed by atoms with Crippen molar-refractivity contribution in [2.45, 2.75) is 6.18 Å². The Balaban J connectivity index is 1.97. The maximum Gasteiger partial charge on any atom is 0.418 e. The zero-order valence-corrected chi connectivity index (χ0v) is 12.0. The van der Waals surface area contributed by atoms with Crippen LogP contribution < -0.4 is 5.32 Å². The fraction of sp³-hybridized carbons (Fsp3) is 0.0714. The number of nitrogens with zero attached hydrogens (tertiary/aromatic N) is 2. The van der Waals surface area contributed by atoms with E-state index in [1.165, 1.54) is 12.3 Å². The largest absolute Gasteiger partial charge is 0.418 e. The summed E-state index contributed by atoms with van der Waals surface area (Å²) in [5.74, 6) is -0.998. The first-order valence-electron chi connectivity index (χ1n) is 6.33. The molecule has 0 unspecified atom stereocenters. The van der Waals surface area contributed by atoms with Crippen LogP contribution in [0.4, 0.5) is 18.9 Å². The molecule has 5 nitrogen and oxygen atoms in total. The molecule has 1 aromatic carbocycles. The average Bonchev–Trinajstić information content (AvgIpc) is 2.98. The second kappa shape index (κ2) is 5.54. The smallest absolute Gasteiger partial charge is 0.319 e. The van der Waals surface area contributed by atoms with Crippen LogP contribution in [0.25, 0.3) is 10.9 Å². The van der Waals surface area contributed by atoms with Gasteiger partial charge in [-0.05, 0) is 24.3 Å². The molecule has 0 saturated carbocycles. The lowest BCUT2D eigenvalue weighted by Gasteiger charge is -2.12. The molecule has 9 heteroatoms. The zero-order valence-electron chi connectivity index (χ0n) is 11.3. The van der Waals surface area contributed by atoms with Crippen LogP contribution >= 0.6 is 11.6 Å². The van der Waals surface area contributed by atoms with E-state index >= 15 is 0 Å². The fourth-order valence-electron chi connectivity index (χ4n) is 2.08. The molecule has 0 spiro atoms. The molecule has 23 heavy (non-hydrogen) atoms. The molecule has 2 heterocycles. The first-order valence-corrected chi connectivity index (χ1v) is 6.71. The van der Waals surface area contributed by atoms with Gasteiger partial charge in [0.15, 0.2) is 0 Å². The summed E-state index contributed by atoms with van der Waals surface area (Å²) in [6.07, 6.45) is -2.11. The highest BCUT2D eigenvalue weighted by molar-refractivity contribution is 6.38. The van der Waals surface area contributed by atoms with Crippen molar-refractivity contribution in [1.82, 2.24) is 15.2 Å². The van der Waals surface area contributed by atoms with E-state index in [1.807, 2.05) is 0 Å². The molecule has 0 aliphatic rings. The van der Waals surface area contributed by atoms with Crippen molar-refractivity contribution >= 4 is 34.1 Å². The summed E-state index contributed by atoms with van der Waals surface area (Å²) in [4.78, 5) is 15.7. The summed E-state index contributed by atoms with van der Waals surface area (Å²) in [7, 11) is 0. The van der Waals surface area contributed by atoms with Crippen molar-refractivity contribution in [1.29, 1.82) is 0 Å². The minimum absolute atomic E-state index is 0.171. The number of pyridine rings is 1. The van der Waals surface area contributed by atoms with Crippen LogP contribution in [0.3, 0.4) is 0 Å². The number of nitrogens with one attached hydrogen (secondary N) is 2. The van der Waals surface area contributed by atoms with Crippen molar-refractivity contribution in [3.63, 3.8) is 0 Å². The number of alkyl halides is 3. The number of carbonyl (C=O) groups is 1. The molecular formula is C14H8ClF3N4O. The summed E-state index contributed by atoms with van der Waals surface area (Å²) in [6.45, 7) is 0. The van der Waals surface area contributed by atoms with E-state index in [9.17, 15) is 18.0 Å². The van der Waals surface area contributed by atoms with Gasteiger partial charge in [-0.15, -0.1) is 0 Å². The van der Waals surface area contributed by atoms with E-state index in [4.69, 9.17) is 11.6 Å². The van der Waals surface area contributed by atoms with Gasteiger partial charge in [-0.25, -0.2) is 0 Å². The predicted molar refractivity (Wildman–Crippen MR) is 78.3 cm³/mol. The molecule has 0 bridgehead atoms. The average molecular weight is 341 g/mol. The number of hydrogen-bond acceptors (Lipinski definition) is 3. The lowest BCUT2D eigenvalue weighted by atomic mass is 10.1. The Labute approximate surface area is 132 Å². The highest BCUT2D eigenvalue weighted by Gasteiger charge is 2.36. The van der Waals surface area contributed by atoms with E-state index < -0.39 is 23.3 Å². The van der Waals surface area contributed by atoms with Crippen molar-refractivity contribution in [2.75, 3.05) is 5.32 Å². The molecule has 3 aromatic rings. The normalized spacial score (nSPS) is 11.7. The van der Waals surface area contributed by atoms with Gasteiger partial charge in [0.2, 0.25) is 0 Å². The van der Waals surface area contributed by atoms with Gasteiger partial charge in [0.05, 0.1) is 28.0 Å². The summed E-state index contributed by atoms with van der Waals surface area (Å²) in [5, 5.41) is 9.56. The lowest BCUT2D eigenvalue weighted by molar-refractivity contribution is -0.138. The number of anilines is 1. The number of rotatable bonds is 2. The summed E-state index contributed by atoms with van der Waals surface area (Å²) in [6, 6.07) is 4.98. The van der Waals surface area contributed by atoms with Gasteiger partial charge in [-0.1, -0.05) is 11.6 Å².